The van der Waals surface area contributed by atoms with Crippen molar-refractivity contribution in [3.05, 3.63) is 28.8 Å². The van der Waals surface area contributed by atoms with Gasteiger partial charge in [-0.05, 0) is 37.7 Å². The molecule has 6 heteroatoms. The van der Waals surface area contributed by atoms with E-state index in [9.17, 15) is 13.6 Å². The van der Waals surface area contributed by atoms with Crippen LogP contribution in [0.5, 0.6) is 0 Å². The third kappa shape index (κ3) is 3.35. The Kier molecular flexibility index (Phi) is 4.13. The molecule has 0 radical (unpaired) electrons. The van der Waals surface area contributed by atoms with Gasteiger partial charge in [0, 0.05) is 24.6 Å². The molecule has 2 atom stereocenters. The lowest BCUT2D eigenvalue weighted by molar-refractivity contribution is -0.117. The maximum Gasteiger partial charge on any atom is 0.224 e. The highest BCUT2D eigenvalue weighted by Crippen LogP contribution is 2.33. The zero-order valence-electron chi connectivity index (χ0n) is 11.5. The lowest BCUT2D eigenvalue weighted by Crippen LogP contribution is -2.39. The monoisotopic (exact) mass is 314 g/mol. The number of nitrogens with one attached hydrogen (secondary N) is 2. The van der Waals surface area contributed by atoms with Crippen molar-refractivity contribution >= 4 is 23.2 Å². The van der Waals surface area contributed by atoms with Crippen LogP contribution in [-0.4, -0.2) is 18.0 Å². The van der Waals surface area contributed by atoms with Crippen LogP contribution >= 0.6 is 11.6 Å². The highest BCUT2D eigenvalue weighted by molar-refractivity contribution is 6.33. The molecule has 2 unspecified atom stereocenters. The Bertz CT molecular complexity index is 532. The number of rotatable bonds is 3. The number of piperidine rings is 1. The lowest BCUT2D eigenvalue weighted by Gasteiger charge is -2.28. The predicted molar refractivity (Wildman–Crippen MR) is 77.3 cm³/mol. The molecule has 1 aromatic carbocycles. The van der Waals surface area contributed by atoms with E-state index in [0.717, 1.165) is 18.9 Å². The van der Waals surface area contributed by atoms with Crippen LogP contribution in [0.25, 0.3) is 0 Å². The van der Waals surface area contributed by atoms with E-state index in [2.05, 4.69) is 10.6 Å². The van der Waals surface area contributed by atoms with Gasteiger partial charge in [0.05, 0.1) is 10.7 Å². The first-order valence-corrected chi connectivity index (χ1v) is 7.59. The fourth-order valence-electron chi connectivity index (χ4n) is 3.46. The Morgan fingerprint density at radius 2 is 1.95 bits per heavy atom. The van der Waals surface area contributed by atoms with Crippen LogP contribution in [0.15, 0.2) is 12.1 Å². The molecule has 2 bridgehead atoms. The van der Waals surface area contributed by atoms with Gasteiger partial charge in [0.15, 0.2) is 5.82 Å². The highest BCUT2D eigenvalue weighted by atomic mass is 35.5. The van der Waals surface area contributed by atoms with E-state index in [0.29, 0.717) is 30.5 Å². The van der Waals surface area contributed by atoms with E-state index in [-0.39, 0.29) is 16.6 Å². The Morgan fingerprint density at radius 1 is 1.29 bits per heavy atom. The molecule has 2 saturated heterocycles. The van der Waals surface area contributed by atoms with Crippen molar-refractivity contribution in [2.24, 2.45) is 5.92 Å². The van der Waals surface area contributed by atoms with Crippen molar-refractivity contribution in [2.45, 2.75) is 44.2 Å². The standard InChI is InChI=1S/C15H17ClF2N2O/c16-12-6-9(17)7-13(18)15(12)20-14(21)5-8-3-10-1-2-11(4-8)19-10/h6-8,10-11,19H,1-5H2,(H,20,21). The lowest BCUT2D eigenvalue weighted by atomic mass is 9.89. The van der Waals surface area contributed by atoms with E-state index in [1.54, 1.807) is 0 Å². The average Bonchev–Trinajstić information content (AvgIpc) is 2.73. The summed E-state index contributed by atoms with van der Waals surface area (Å²) in [7, 11) is 0. The molecule has 2 aliphatic heterocycles. The van der Waals surface area contributed by atoms with Crippen molar-refractivity contribution in [3.8, 4) is 0 Å². The topological polar surface area (TPSA) is 41.1 Å². The van der Waals surface area contributed by atoms with Crippen LogP contribution in [0.4, 0.5) is 14.5 Å². The van der Waals surface area contributed by atoms with Gasteiger partial charge in [-0.15, -0.1) is 0 Å². The number of amides is 1. The van der Waals surface area contributed by atoms with Gasteiger partial charge in [-0.2, -0.15) is 0 Å². The average molecular weight is 315 g/mol. The number of hydrogen-bond acceptors (Lipinski definition) is 2. The number of carbonyl (C=O) groups is 1. The van der Waals surface area contributed by atoms with Crippen LogP contribution in [-0.2, 0) is 4.79 Å². The molecule has 2 N–H and O–H groups in total. The van der Waals surface area contributed by atoms with E-state index in [4.69, 9.17) is 11.6 Å². The minimum Gasteiger partial charge on any atom is -0.322 e. The van der Waals surface area contributed by atoms with Crippen LogP contribution in [0, 0.1) is 17.6 Å². The van der Waals surface area contributed by atoms with Gasteiger partial charge in [-0.25, -0.2) is 8.78 Å². The maximum absolute atomic E-state index is 13.6. The van der Waals surface area contributed by atoms with E-state index in [1.807, 2.05) is 0 Å². The Morgan fingerprint density at radius 3 is 2.57 bits per heavy atom. The minimum atomic E-state index is -0.848. The van der Waals surface area contributed by atoms with Gasteiger partial charge in [0.2, 0.25) is 5.91 Å². The van der Waals surface area contributed by atoms with Crippen molar-refractivity contribution in [2.75, 3.05) is 5.32 Å². The largest absolute Gasteiger partial charge is 0.322 e. The summed E-state index contributed by atoms with van der Waals surface area (Å²) in [4.78, 5) is 12.1. The molecule has 2 aliphatic rings. The molecule has 2 fully saturated rings. The zero-order chi connectivity index (χ0) is 15.0. The minimum absolute atomic E-state index is 0.119. The Labute approximate surface area is 127 Å². The third-order valence-corrected chi connectivity index (χ3v) is 4.61. The van der Waals surface area contributed by atoms with Crippen LogP contribution in [0.3, 0.4) is 0 Å². The highest BCUT2D eigenvalue weighted by Gasteiger charge is 2.34. The summed E-state index contributed by atoms with van der Waals surface area (Å²) in [6.07, 6.45) is 4.64. The van der Waals surface area contributed by atoms with Gasteiger partial charge in [-0.1, -0.05) is 11.6 Å². The summed E-state index contributed by atoms with van der Waals surface area (Å²) in [6.45, 7) is 0. The molecule has 3 nitrogen and oxygen atoms in total. The molecule has 1 aromatic rings. The van der Waals surface area contributed by atoms with E-state index >= 15 is 0 Å². The number of anilines is 1. The molecule has 0 spiro atoms. The number of fused-ring (bicyclic) bond motifs is 2. The van der Waals surface area contributed by atoms with E-state index < -0.39 is 11.6 Å². The third-order valence-electron chi connectivity index (χ3n) is 4.32. The fraction of sp³-hybridized carbons (Fsp3) is 0.533. The van der Waals surface area contributed by atoms with Crippen molar-refractivity contribution in [1.29, 1.82) is 0 Å². The van der Waals surface area contributed by atoms with Crippen LogP contribution < -0.4 is 10.6 Å². The molecular weight excluding hydrogens is 298 g/mol. The van der Waals surface area contributed by atoms with Gasteiger partial charge < -0.3 is 10.6 Å². The predicted octanol–water partition coefficient (Wildman–Crippen LogP) is 3.48. The van der Waals surface area contributed by atoms with Gasteiger partial charge in [0.1, 0.15) is 5.82 Å². The summed E-state index contributed by atoms with van der Waals surface area (Å²) in [5.41, 5.74) is -0.139. The number of benzene rings is 1. The zero-order valence-corrected chi connectivity index (χ0v) is 12.2. The molecule has 1 amide bonds. The second-order valence-electron chi connectivity index (χ2n) is 5.97. The molecule has 114 valence electrons. The second kappa shape index (κ2) is 5.89. The molecule has 0 aliphatic carbocycles. The summed E-state index contributed by atoms with van der Waals surface area (Å²) in [6, 6.07) is 2.72. The maximum atomic E-state index is 13.6. The first kappa shape index (κ1) is 14.7. The van der Waals surface area contributed by atoms with Crippen molar-refractivity contribution in [1.82, 2.24) is 5.32 Å². The van der Waals surface area contributed by atoms with Crippen molar-refractivity contribution in [3.63, 3.8) is 0 Å². The summed E-state index contributed by atoms with van der Waals surface area (Å²) in [5, 5.41) is 5.86. The number of hydrogen-bond donors (Lipinski definition) is 2. The first-order chi connectivity index (χ1) is 10.0. The Hall–Kier alpha value is -1.20. The normalized spacial score (nSPS) is 27.7. The van der Waals surface area contributed by atoms with Gasteiger partial charge >= 0.3 is 0 Å². The van der Waals surface area contributed by atoms with Crippen LogP contribution in [0.1, 0.15) is 32.1 Å². The second-order valence-corrected chi connectivity index (χ2v) is 6.38. The first-order valence-electron chi connectivity index (χ1n) is 7.21. The molecule has 0 saturated carbocycles. The quantitative estimate of drug-likeness (QED) is 0.897. The molecular formula is C15H17ClF2N2O. The van der Waals surface area contributed by atoms with Crippen molar-refractivity contribution < 1.29 is 13.6 Å². The summed E-state index contributed by atoms with van der Waals surface area (Å²) < 4.78 is 26.6. The SMILES string of the molecule is O=C(CC1CC2CCC(C1)N2)Nc1c(F)cc(F)cc1Cl. The molecule has 3 rings (SSSR count). The molecule has 2 heterocycles. The fourth-order valence-corrected chi connectivity index (χ4v) is 3.70. The van der Waals surface area contributed by atoms with E-state index in [1.165, 1.54) is 12.8 Å². The number of carbonyl (C=O) groups excluding carboxylic acids is 1. The van der Waals surface area contributed by atoms with Gasteiger partial charge in [-0.3, -0.25) is 4.79 Å². The molecule has 21 heavy (non-hydrogen) atoms. The summed E-state index contributed by atoms with van der Waals surface area (Å²) in [5.74, 6) is -1.57. The smallest absolute Gasteiger partial charge is 0.224 e. The molecule has 0 aromatic heterocycles. The Balaban J connectivity index is 1.62. The summed E-state index contributed by atoms with van der Waals surface area (Å²) >= 11 is 5.77. The van der Waals surface area contributed by atoms with Crippen LogP contribution in [0.2, 0.25) is 5.02 Å². The number of halogens is 3. The van der Waals surface area contributed by atoms with Gasteiger partial charge in [0.25, 0.3) is 0 Å².